The second kappa shape index (κ2) is 7.04. The van der Waals surface area contributed by atoms with Gasteiger partial charge in [0.15, 0.2) is 0 Å². The van der Waals surface area contributed by atoms with E-state index < -0.39 is 0 Å². The third kappa shape index (κ3) is 4.96. The first-order valence-electron chi connectivity index (χ1n) is 5.53. The maximum atomic E-state index is 8.56. The van der Waals surface area contributed by atoms with E-state index in [9.17, 15) is 0 Å². The van der Waals surface area contributed by atoms with Crippen LogP contribution in [0.3, 0.4) is 0 Å². The van der Waals surface area contributed by atoms with Gasteiger partial charge in [-0.15, -0.1) is 0 Å². The van der Waals surface area contributed by atoms with Crippen LogP contribution in [0.25, 0.3) is 0 Å². The standard InChI is InChI=1S/C12H18N2O2/c1-10(2)15-7-3-6-14-9-12-5-4-11(8-13)16-12/h4-5,10,14H,3,6-7,9H2,1-2H3. The number of hydrogen-bond acceptors (Lipinski definition) is 4. The van der Waals surface area contributed by atoms with Crippen molar-refractivity contribution in [3.8, 4) is 6.07 Å². The van der Waals surface area contributed by atoms with Crippen LogP contribution in [0.4, 0.5) is 0 Å². The molecule has 0 aliphatic heterocycles. The van der Waals surface area contributed by atoms with Gasteiger partial charge >= 0.3 is 0 Å². The zero-order valence-corrected chi connectivity index (χ0v) is 9.82. The molecule has 1 N–H and O–H groups in total. The van der Waals surface area contributed by atoms with Crippen molar-refractivity contribution in [2.75, 3.05) is 13.2 Å². The Kier molecular flexibility index (Phi) is 5.62. The lowest BCUT2D eigenvalue weighted by Gasteiger charge is -2.07. The number of nitrogens with zero attached hydrogens (tertiary/aromatic N) is 1. The molecular formula is C12H18N2O2. The van der Waals surface area contributed by atoms with Gasteiger partial charge in [0.05, 0.1) is 12.6 Å². The van der Waals surface area contributed by atoms with Crippen LogP contribution in [-0.4, -0.2) is 19.3 Å². The van der Waals surface area contributed by atoms with E-state index in [0.717, 1.165) is 25.3 Å². The number of furan rings is 1. The summed E-state index contributed by atoms with van der Waals surface area (Å²) < 4.78 is 10.6. The highest BCUT2D eigenvalue weighted by molar-refractivity contribution is 5.18. The normalized spacial score (nSPS) is 10.6. The van der Waals surface area contributed by atoms with Crippen LogP contribution in [0.1, 0.15) is 31.8 Å². The molecule has 0 aliphatic rings. The summed E-state index contributed by atoms with van der Waals surface area (Å²) in [6.07, 6.45) is 1.27. The number of hydrogen-bond donors (Lipinski definition) is 1. The SMILES string of the molecule is CC(C)OCCCNCc1ccc(C#N)o1. The fourth-order valence-corrected chi connectivity index (χ4v) is 1.26. The predicted octanol–water partition coefficient (Wildman–Crippen LogP) is 2.06. The maximum Gasteiger partial charge on any atom is 0.203 e. The van der Waals surface area contributed by atoms with Crippen LogP contribution in [0, 0.1) is 11.3 Å². The monoisotopic (exact) mass is 222 g/mol. The topological polar surface area (TPSA) is 58.2 Å². The van der Waals surface area contributed by atoms with Crippen molar-refractivity contribution in [3.63, 3.8) is 0 Å². The molecule has 0 bridgehead atoms. The van der Waals surface area contributed by atoms with Gasteiger partial charge in [-0.1, -0.05) is 0 Å². The quantitative estimate of drug-likeness (QED) is 0.717. The van der Waals surface area contributed by atoms with Gasteiger partial charge in [-0.3, -0.25) is 0 Å². The molecule has 0 aromatic carbocycles. The first kappa shape index (κ1) is 12.8. The Morgan fingerprint density at radius 3 is 2.94 bits per heavy atom. The third-order valence-electron chi connectivity index (χ3n) is 2.02. The Balaban J connectivity index is 2.05. The fraction of sp³-hybridized carbons (Fsp3) is 0.583. The molecule has 0 saturated carbocycles. The number of nitrogens with one attached hydrogen (secondary N) is 1. The van der Waals surface area contributed by atoms with E-state index in [1.54, 1.807) is 6.07 Å². The van der Waals surface area contributed by atoms with E-state index in [-0.39, 0.29) is 0 Å². The molecule has 1 rings (SSSR count). The lowest BCUT2D eigenvalue weighted by molar-refractivity contribution is 0.0770. The molecular weight excluding hydrogens is 204 g/mol. The number of rotatable bonds is 7. The van der Waals surface area contributed by atoms with E-state index in [4.69, 9.17) is 14.4 Å². The highest BCUT2D eigenvalue weighted by atomic mass is 16.5. The molecule has 0 aliphatic carbocycles. The van der Waals surface area contributed by atoms with Crippen LogP contribution in [0.5, 0.6) is 0 Å². The fourth-order valence-electron chi connectivity index (χ4n) is 1.26. The Labute approximate surface area is 96.2 Å². The van der Waals surface area contributed by atoms with Crippen molar-refractivity contribution >= 4 is 0 Å². The summed E-state index contributed by atoms with van der Waals surface area (Å²) >= 11 is 0. The predicted molar refractivity (Wildman–Crippen MR) is 60.8 cm³/mol. The first-order chi connectivity index (χ1) is 7.72. The van der Waals surface area contributed by atoms with Gasteiger partial charge < -0.3 is 14.5 Å². The Hall–Kier alpha value is -1.31. The van der Waals surface area contributed by atoms with Gasteiger partial charge in [0.1, 0.15) is 11.8 Å². The average Bonchev–Trinajstić information content (AvgIpc) is 2.70. The van der Waals surface area contributed by atoms with Gasteiger partial charge in [-0.25, -0.2) is 0 Å². The van der Waals surface area contributed by atoms with E-state index >= 15 is 0 Å². The zero-order chi connectivity index (χ0) is 11.8. The van der Waals surface area contributed by atoms with E-state index in [0.29, 0.717) is 18.4 Å². The molecule has 88 valence electrons. The lowest BCUT2D eigenvalue weighted by Crippen LogP contribution is -2.17. The van der Waals surface area contributed by atoms with Crippen LogP contribution in [0.15, 0.2) is 16.5 Å². The smallest absolute Gasteiger partial charge is 0.203 e. The number of nitriles is 1. The Morgan fingerprint density at radius 2 is 2.31 bits per heavy atom. The summed E-state index contributed by atoms with van der Waals surface area (Å²) in [6, 6.07) is 5.45. The molecule has 0 amide bonds. The molecule has 0 atom stereocenters. The molecule has 1 heterocycles. The molecule has 1 aromatic heterocycles. The second-order valence-corrected chi connectivity index (χ2v) is 3.83. The molecule has 0 radical (unpaired) electrons. The van der Waals surface area contributed by atoms with Crippen LogP contribution in [0.2, 0.25) is 0 Å². The second-order valence-electron chi connectivity index (χ2n) is 3.83. The molecule has 0 saturated heterocycles. The van der Waals surface area contributed by atoms with E-state index in [1.165, 1.54) is 0 Å². The van der Waals surface area contributed by atoms with Crippen LogP contribution < -0.4 is 5.32 Å². The highest BCUT2D eigenvalue weighted by Gasteiger charge is 2.00. The van der Waals surface area contributed by atoms with Gasteiger partial charge in [-0.2, -0.15) is 5.26 Å². The minimum atomic E-state index is 0.295. The molecule has 0 unspecified atom stereocenters. The third-order valence-corrected chi connectivity index (χ3v) is 2.02. The first-order valence-corrected chi connectivity index (χ1v) is 5.53. The summed E-state index contributed by atoms with van der Waals surface area (Å²) in [4.78, 5) is 0. The van der Waals surface area contributed by atoms with Gasteiger partial charge in [0.25, 0.3) is 0 Å². The highest BCUT2D eigenvalue weighted by Crippen LogP contribution is 2.05. The summed E-state index contributed by atoms with van der Waals surface area (Å²) in [5.41, 5.74) is 0. The van der Waals surface area contributed by atoms with E-state index in [1.807, 2.05) is 26.0 Å². The maximum absolute atomic E-state index is 8.56. The van der Waals surface area contributed by atoms with Crippen LogP contribution >= 0.6 is 0 Å². The van der Waals surface area contributed by atoms with E-state index in [2.05, 4.69) is 5.32 Å². The molecule has 4 heteroatoms. The van der Waals surface area contributed by atoms with Crippen LogP contribution in [-0.2, 0) is 11.3 Å². The summed E-state index contributed by atoms with van der Waals surface area (Å²) in [5, 5.41) is 11.8. The van der Waals surface area contributed by atoms with Crippen molar-refractivity contribution in [3.05, 3.63) is 23.7 Å². The summed E-state index contributed by atoms with van der Waals surface area (Å²) in [7, 11) is 0. The lowest BCUT2D eigenvalue weighted by atomic mass is 10.4. The zero-order valence-electron chi connectivity index (χ0n) is 9.82. The van der Waals surface area contributed by atoms with Gasteiger partial charge in [0, 0.05) is 6.61 Å². The van der Waals surface area contributed by atoms with Crippen molar-refractivity contribution in [2.45, 2.75) is 32.9 Å². The molecule has 4 nitrogen and oxygen atoms in total. The van der Waals surface area contributed by atoms with Gasteiger partial charge in [-0.05, 0) is 38.9 Å². The van der Waals surface area contributed by atoms with Crippen molar-refractivity contribution in [2.24, 2.45) is 0 Å². The molecule has 0 spiro atoms. The average molecular weight is 222 g/mol. The molecule has 1 aromatic rings. The summed E-state index contributed by atoms with van der Waals surface area (Å²) in [6.45, 7) is 6.37. The minimum Gasteiger partial charge on any atom is -0.449 e. The summed E-state index contributed by atoms with van der Waals surface area (Å²) in [5.74, 6) is 1.15. The van der Waals surface area contributed by atoms with Crippen molar-refractivity contribution in [1.82, 2.24) is 5.32 Å². The van der Waals surface area contributed by atoms with Crippen molar-refractivity contribution in [1.29, 1.82) is 5.26 Å². The minimum absolute atomic E-state index is 0.295. The largest absolute Gasteiger partial charge is 0.449 e. The van der Waals surface area contributed by atoms with Crippen molar-refractivity contribution < 1.29 is 9.15 Å². The molecule has 0 fully saturated rings. The molecule has 16 heavy (non-hydrogen) atoms. The Morgan fingerprint density at radius 1 is 1.50 bits per heavy atom. The number of ether oxygens (including phenoxy) is 1. The Bertz CT molecular complexity index is 339. The van der Waals surface area contributed by atoms with Gasteiger partial charge in [0.2, 0.25) is 5.76 Å².